The van der Waals surface area contributed by atoms with Crippen LogP contribution in [-0.2, 0) is 0 Å². The van der Waals surface area contributed by atoms with Crippen LogP contribution in [-0.4, -0.2) is 41.1 Å². The minimum atomic E-state index is -0.0438. The number of rotatable bonds is 1. The molecule has 0 spiro atoms. The van der Waals surface area contributed by atoms with Crippen molar-refractivity contribution in [2.75, 3.05) is 13.1 Å². The monoisotopic (exact) mass is 259 g/mol. The number of carbonyl (C=O) groups is 1. The Morgan fingerprint density at radius 2 is 2.29 bits per heavy atom. The lowest BCUT2D eigenvalue weighted by atomic mass is 10.1. The second kappa shape index (κ2) is 5.51. The normalized spacial score (nSPS) is 24.3. The Bertz CT molecular complexity index is 394. The number of hydrogen-bond donors (Lipinski definition) is 1. The molecular weight excluding hydrogens is 242 g/mol. The molecule has 2 rings (SSSR count). The van der Waals surface area contributed by atoms with Crippen LogP contribution >= 0.6 is 12.4 Å². The van der Waals surface area contributed by atoms with E-state index in [1.165, 1.54) is 0 Å². The van der Waals surface area contributed by atoms with Crippen molar-refractivity contribution >= 4 is 18.3 Å². The molecule has 0 aliphatic carbocycles. The van der Waals surface area contributed by atoms with Gasteiger partial charge in [-0.25, -0.2) is 0 Å². The summed E-state index contributed by atoms with van der Waals surface area (Å²) in [5.41, 5.74) is 0.401. The van der Waals surface area contributed by atoms with E-state index in [0.717, 1.165) is 6.54 Å². The molecule has 17 heavy (non-hydrogen) atoms. The smallest absolute Gasteiger partial charge is 0.276 e. The number of nitrogens with one attached hydrogen (secondary N) is 1. The number of hydrogen-bond acceptors (Lipinski definition) is 4. The first kappa shape index (κ1) is 14.0. The van der Waals surface area contributed by atoms with Crippen molar-refractivity contribution in [3.8, 4) is 0 Å². The van der Waals surface area contributed by atoms with E-state index in [0.29, 0.717) is 24.0 Å². The molecule has 1 aromatic heterocycles. The van der Waals surface area contributed by atoms with Gasteiger partial charge in [0, 0.05) is 31.2 Å². The Kier molecular flexibility index (Phi) is 4.54. The number of nitrogens with zero attached hydrogens (tertiary/aromatic N) is 2. The lowest BCUT2D eigenvalue weighted by molar-refractivity contribution is 0.0606. The van der Waals surface area contributed by atoms with E-state index in [-0.39, 0.29) is 24.4 Å². The summed E-state index contributed by atoms with van der Waals surface area (Å²) in [6.07, 6.45) is 0. The summed E-state index contributed by atoms with van der Waals surface area (Å²) in [4.78, 5) is 14.0. The molecule has 1 aliphatic heterocycles. The van der Waals surface area contributed by atoms with Gasteiger partial charge in [-0.1, -0.05) is 5.16 Å². The van der Waals surface area contributed by atoms with E-state index in [9.17, 15) is 4.79 Å². The molecule has 2 unspecified atom stereocenters. The lowest BCUT2D eigenvalue weighted by Gasteiger charge is -2.37. The Morgan fingerprint density at radius 3 is 2.88 bits per heavy atom. The van der Waals surface area contributed by atoms with Crippen LogP contribution in [0.4, 0.5) is 0 Å². The van der Waals surface area contributed by atoms with Crippen LogP contribution in [0.3, 0.4) is 0 Å². The van der Waals surface area contributed by atoms with Crippen molar-refractivity contribution in [3.05, 3.63) is 17.5 Å². The van der Waals surface area contributed by atoms with Crippen LogP contribution in [0.2, 0.25) is 0 Å². The number of amides is 1. The highest BCUT2D eigenvalue weighted by Crippen LogP contribution is 2.12. The fraction of sp³-hybridized carbons (Fsp3) is 0.636. The highest BCUT2D eigenvalue weighted by Gasteiger charge is 2.28. The molecule has 1 aliphatic rings. The third kappa shape index (κ3) is 2.98. The molecule has 0 bridgehead atoms. The summed E-state index contributed by atoms with van der Waals surface area (Å²) >= 11 is 0. The molecule has 0 saturated carbocycles. The zero-order valence-electron chi connectivity index (χ0n) is 10.3. The molecule has 1 fully saturated rings. The number of aromatic nitrogens is 1. The molecule has 0 radical (unpaired) electrons. The molecule has 1 N–H and O–H groups in total. The minimum Gasteiger partial charge on any atom is -0.361 e. The van der Waals surface area contributed by atoms with Crippen LogP contribution in [0.1, 0.15) is 30.1 Å². The van der Waals surface area contributed by atoms with Gasteiger partial charge in [-0.2, -0.15) is 0 Å². The molecular formula is C11H18ClN3O2. The van der Waals surface area contributed by atoms with Crippen LogP contribution in [0.15, 0.2) is 10.6 Å². The second-order valence-corrected chi connectivity index (χ2v) is 4.44. The van der Waals surface area contributed by atoms with Gasteiger partial charge in [0.05, 0.1) is 0 Å². The molecule has 1 amide bonds. The molecule has 2 atom stereocenters. The second-order valence-electron chi connectivity index (χ2n) is 4.44. The van der Waals surface area contributed by atoms with E-state index >= 15 is 0 Å². The number of aryl methyl sites for hydroxylation is 1. The molecule has 1 aromatic rings. The van der Waals surface area contributed by atoms with Crippen LogP contribution in [0.25, 0.3) is 0 Å². The molecule has 2 heterocycles. The summed E-state index contributed by atoms with van der Waals surface area (Å²) in [5.74, 6) is 0.622. The maximum atomic E-state index is 12.1. The van der Waals surface area contributed by atoms with Gasteiger partial charge in [-0.05, 0) is 20.8 Å². The largest absolute Gasteiger partial charge is 0.361 e. The van der Waals surface area contributed by atoms with Crippen LogP contribution < -0.4 is 5.32 Å². The Hall–Kier alpha value is -1.07. The summed E-state index contributed by atoms with van der Waals surface area (Å²) in [6.45, 7) is 7.42. The van der Waals surface area contributed by atoms with Gasteiger partial charge in [0.15, 0.2) is 5.69 Å². The topological polar surface area (TPSA) is 58.4 Å². The van der Waals surface area contributed by atoms with Crippen LogP contribution in [0.5, 0.6) is 0 Å². The number of piperazine rings is 1. The van der Waals surface area contributed by atoms with Crippen molar-refractivity contribution in [1.82, 2.24) is 15.4 Å². The lowest BCUT2D eigenvalue weighted by Crippen LogP contribution is -2.56. The maximum absolute atomic E-state index is 12.1. The van der Waals surface area contributed by atoms with E-state index in [1.54, 1.807) is 13.0 Å². The SMILES string of the molecule is Cc1cc(C(=O)N2CC(C)NCC2C)no1.Cl. The van der Waals surface area contributed by atoms with Crippen LogP contribution in [0, 0.1) is 6.92 Å². The van der Waals surface area contributed by atoms with E-state index in [4.69, 9.17) is 4.52 Å². The Morgan fingerprint density at radius 1 is 1.59 bits per heavy atom. The van der Waals surface area contributed by atoms with Gasteiger partial charge in [0.1, 0.15) is 5.76 Å². The fourth-order valence-corrected chi connectivity index (χ4v) is 1.92. The van der Waals surface area contributed by atoms with Gasteiger partial charge >= 0.3 is 0 Å². The Labute approximate surface area is 107 Å². The predicted molar refractivity (Wildman–Crippen MR) is 66.5 cm³/mol. The number of carbonyl (C=O) groups excluding carboxylic acids is 1. The van der Waals surface area contributed by atoms with Crippen molar-refractivity contribution in [2.24, 2.45) is 0 Å². The first-order valence-corrected chi connectivity index (χ1v) is 5.55. The zero-order valence-corrected chi connectivity index (χ0v) is 11.1. The van der Waals surface area contributed by atoms with Crippen molar-refractivity contribution in [1.29, 1.82) is 0 Å². The van der Waals surface area contributed by atoms with Crippen molar-refractivity contribution < 1.29 is 9.32 Å². The molecule has 96 valence electrons. The minimum absolute atomic E-state index is 0. The van der Waals surface area contributed by atoms with Crippen molar-refractivity contribution in [3.63, 3.8) is 0 Å². The standard InChI is InChI=1S/C11H17N3O2.ClH/c1-7-6-14(8(2)5-12-7)11(15)10-4-9(3)16-13-10;/h4,7-8,12H,5-6H2,1-3H3;1H. The van der Waals surface area contributed by atoms with E-state index in [2.05, 4.69) is 17.4 Å². The first-order chi connectivity index (χ1) is 7.58. The molecule has 6 heteroatoms. The molecule has 1 saturated heterocycles. The van der Waals surface area contributed by atoms with Gasteiger partial charge in [0.25, 0.3) is 5.91 Å². The average Bonchev–Trinajstić information content (AvgIpc) is 2.67. The van der Waals surface area contributed by atoms with Gasteiger partial charge in [-0.3, -0.25) is 4.79 Å². The quantitative estimate of drug-likeness (QED) is 0.824. The summed E-state index contributed by atoms with van der Waals surface area (Å²) < 4.78 is 4.93. The molecule has 0 aromatic carbocycles. The molecule has 5 nitrogen and oxygen atoms in total. The van der Waals surface area contributed by atoms with E-state index in [1.807, 2.05) is 11.8 Å². The van der Waals surface area contributed by atoms with Gasteiger partial charge in [0.2, 0.25) is 0 Å². The zero-order chi connectivity index (χ0) is 11.7. The summed E-state index contributed by atoms with van der Waals surface area (Å²) in [6, 6.07) is 2.20. The highest BCUT2D eigenvalue weighted by molar-refractivity contribution is 5.92. The summed E-state index contributed by atoms with van der Waals surface area (Å²) in [5, 5.41) is 7.10. The average molecular weight is 260 g/mol. The number of halogens is 1. The third-order valence-electron chi connectivity index (χ3n) is 2.87. The maximum Gasteiger partial charge on any atom is 0.276 e. The highest BCUT2D eigenvalue weighted by atomic mass is 35.5. The first-order valence-electron chi connectivity index (χ1n) is 5.55. The van der Waals surface area contributed by atoms with Gasteiger partial charge < -0.3 is 14.7 Å². The van der Waals surface area contributed by atoms with E-state index < -0.39 is 0 Å². The van der Waals surface area contributed by atoms with Gasteiger partial charge in [-0.15, -0.1) is 12.4 Å². The fourth-order valence-electron chi connectivity index (χ4n) is 1.92. The summed E-state index contributed by atoms with van der Waals surface area (Å²) in [7, 11) is 0. The predicted octanol–water partition coefficient (Wildman–Crippen LogP) is 1.23. The van der Waals surface area contributed by atoms with Crippen molar-refractivity contribution in [2.45, 2.75) is 32.9 Å². The Balaban J connectivity index is 0.00000144. The third-order valence-corrected chi connectivity index (χ3v) is 2.87.